The maximum absolute atomic E-state index is 5.78. The molecule has 2 aromatic carbocycles. The van der Waals surface area contributed by atoms with Crippen molar-refractivity contribution in [1.82, 2.24) is 0 Å². The highest BCUT2D eigenvalue weighted by molar-refractivity contribution is 9.10. The van der Waals surface area contributed by atoms with Crippen molar-refractivity contribution in [2.75, 3.05) is 12.8 Å². The number of nitrogen functional groups attached to an aromatic ring is 1. The van der Waals surface area contributed by atoms with E-state index in [1.807, 2.05) is 36.4 Å². The monoisotopic (exact) mass is 307 g/mol. The molecule has 2 aromatic rings. The fourth-order valence-electron chi connectivity index (χ4n) is 1.58. The van der Waals surface area contributed by atoms with E-state index in [1.54, 1.807) is 13.2 Å². The molecule has 0 aromatic heterocycles. The molecule has 0 fully saturated rings. The molecule has 2 rings (SSSR count). The third-order valence-corrected chi connectivity index (χ3v) is 2.97. The lowest BCUT2D eigenvalue weighted by Crippen LogP contribution is -1.98. The molecule has 94 valence electrons. The van der Waals surface area contributed by atoms with Gasteiger partial charge in [0.2, 0.25) is 0 Å². The molecule has 0 spiro atoms. The fourth-order valence-corrected chi connectivity index (χ4v) is 1.85. The third kappa shape index (κ3) is 3.40. The van der Waals surface area contributed by atoms with E-state index in [2.05, 4.69) is 15.9 Å². The van der Waals surface area contributed by atoms with Crippen molar-refractivity contribution in [2.24, 2.45) is 0 Å². The second-order valence-corrected chi connectivity index (χ2v) is 4.77. The Morgan fingerprint density at radius 2 is 1.78 bits per heavy atom. The normalized spacial score (nSPS) is 10.1. The molecule has 4 heteroatoms. The number of hydrogen-bond donors (Lipinski definition) is 1. The lowest BCUT2D eigenvalue weighted by atomic mass is 10.2. The minimum Gasteiger partial charge on any atom is -0.497 e. The van der Waals surface area contributed by atoms with E-state index in [-0.39, 0.29) is 0 Å². The van der Waals surface area contributed by atoms with Crippen LogP contribution in [0.1, 0.15) is 5.56 Å². The number of ether oxygens (including phenoxy) is 2. The number of nitrogens with two attached hydrogens (primary N) is 1. The highest BCUT2D eigenvalue weighted by Crippen LogP contribution is 2.21. The Balaban J connectivity index is 2.05. The van der Waals surface area contributed by atoms with Gasteiger partial charge < -0.3 is 15.2 Å². The standard InChI is InChI=1S/C14H14BrNO2/c1-17-14-7-10(6-12(16)8-14)9-18-13-4-2-11(15)3-5-13/h2-8H,9,16H2,1H3. The van der Waals surface area contributed by atoms with Crippen LogP contribution in [0.15, 0.2) is 46.9 Å². The molecule has 0 saturated carbocycles. The highest BCUT2D eigenvalue weighted by atomic mass is 79.9. The number of anilines is 1. The van der Waals surface area contributed by atoms with Crippen molar-refractivity contribution in [2.45, 2.75) is 6.61 Å². The van der Waals surface area contributed by atoms with E-state index in [0.717, 1.165) is 21.5 Å². The second kappa shape index (κ2) is 5.78. The number of benzene rings is 2. The molecule has 0 aliphatic rings. The average Bonchev–Trinajstić information content (AvgIpc) is 2.37. The summed E-state index contributed by atoms with van der Waals surface area (Å²) < 4.78 is 11.9. The van der Waals surface area contributed by atoms with Gasteiger partial charge in [-0.25, -0.2) is 0 Å². The van der Waals surface area contributed by atoms with Gasteiger partial charge in [0, 0.05) is 16.2 Å². The Morgan fingerprint density at radius 3 is 2.44 bits per heavy atom. The van der Waals surface area contributed by atoms with Crippen LogP contribution in [0.4, 0.5) is 5.69 Å². The third-order valence-electron chi connectivity index (χ3n) is 2.44. The van der Waals surface area contributed by atoms with Gasteiger partial charge in [-0.05, 0) is 42.0 Å². The zero-order chi connectivity index (χ0) is 13.0. The van der Waals surface area contributed by atoms with Crippen LogP contribution in [0.5, 0.6) is 11.5 Å². The predicted octanol–water partition coefficient (Wildman–Crippen LogP) is 3.62. The summed E-state index contributed by atoms with van der Waals surface area (Å²) in [4.78, 5) is 0. The van der Waals surface area contributed by atoms with E-state index >= 15 is 0 Å². The molecule has 0 unspecified atom stereocenters. The summed E-state index contributed by atoms with van der Waals surface area (Å²) in [5.74, 6) is 1.56. The molecule has 18 heavy (non-hydrogen) atoms. The van der Waals surface area contributed by atoms with Crippen LogP contribution in [0.2, 0.25) is 0 Å². The van der Waals surface area contributed by atoms with Crippen molar-refractivity contribution in [1.29, 1.82) is 0 Å². The summed E-state index contributed by atoms with van der Waals surface area (Å²) >= 11 is 3.38. The van der Waals surface area contributed by atoms with Crippen LogP contribution in [0, 0.1) is 0 Å². The van der Waals surface area contributed by atoms with Crippen LogP contribution in [0.3, 0.4) is 0 Å². The van der Waals surface area contributed by atoms with Crippen LogP contribution in [-0.2, 0) is 6.61 Å². The Morgan fingerprint density at radius 1 is 1.06 bits per heavy atom. The van der Waals surface area contributed by atoms with Crippen molar-refractivity contribution in [3.63, 3.8) is 0 Å². The molecule has 0 aliphatic heterocycles. The first-order chi connectivity index (χ1) is 8.67. The van der Waals surface area contributed by atoms with Gasteiger partial charge in [0.25, 0.3) is 0 Å². The van der Waals surface area contributed by atoms with Crippen molar-refractivity contribution in [3.8, 4) is 11.5 Å². The molecule has 0 radical (unpaired) electrons. The first-order valence-electron chi connectivity index (χ1n) is 5.49. The maximum atomic E-state index is 5.78. The largest absolute Gasteiger partial charge is 0.497 e. The predicted molar refractivity (Wildman–Crippen MR) is 75.9 cm³/mol. The molecule has 0 saturated heterocycles. The van der Waals surface area contributed by atoms with Gasteiger partial charge in [-0.15, -0.1) is 0 Å². The Kier molecular flexibility index (Phi) is 4.10. The van der Waals surface area contributed by atoms with Gasteiger partial charge in [0.05, 0.1) is 7.11 Å². The van der Waals surface area contributed by atoms with E-state index in [4.69, 9.17) is 15.2 Å². The second-order valence-electron chi connectivity index (χ2n) is 3.86. The molecular weight excluding hydrogens is 294 g/mol. The Bertz CT molecular complexity index is 526. The van der Waals surface area contributed by atoms with Gasteiger partial charge in [-0.1, -0.05) is 15.9 Å². The molecule has 3 nitrogen and oxygen atoms in total. The quantitative estimate of drug-likeness (QED) is 0.877. The highest BCUT2D eigenvalue weighted by Gasteiger charge is 2.01. The maximum Gasteiger partial charge on any atom is 0.121 e. The number of hydrogen-bond acceptors (Lipinski definition) is 3. The minimum absolute atomic E-state index is 0.461. The molecule has 2 N–H and O–H groups in total. The SMILES string of the molecule is COc1cc(N)cc(COc2ccc(Br)cc2)c1. The summed E-state index contributed by atoms with van der Waals surface area (Å²) in [6.07, 6.45) is 0. The lowest BCUT2D eigenvalue weighted by molar-refractivity contribution is 0.305. The summed E-state index contributed by atoms with van der Waals surface area (Å²) in [5.41, 5.74) is 7.43. The molecule has 0 atom stereocenters. The summed E-state index contributed by atoms with van der Waals surface area (Å²) in [6.45, 7) is 0.461. The average molecular weight is 308 g/mol. The van der Waals surface area contributed by atoms with Gasteiger partial charge in [-0.3, -0.25) is 0 Å². The smallest absolute Gasteiger partial charge is 0.121 e. The van der Waals surface area contributed by atoms with Gasteiger partial charge in [-0.2, -0.15) is 0 Å². The topological polar surface area (TPSA) is 44.5 Å². The molecule has 0 bridgehead atoms. The Labute approximate surface area is 115 Å². The number of rotatable bonds is 4. The molecule has 0 aliphatic carbocycles. The summed E-state index contributed by atoms with van der Waals surface area (Å²) in [7, 11) is 1.62. The van der Waals surface area contributed by atoms with Crippen molar-refractivity contribution in [3.05, 3.63) is 52.5 Å². The summed E-state index contributed by atoms with van der Waals surface area (Å²) in [6, 6.07) is 13.3. The van der Waals surface area contributed by atoms with Crippen LogP contribution >= 0.6 is 15.9 Å². The fraction of sp³-hybridized carbons (Fsp3) is 0.143. The van der Waals surface area contributed by atoms with Crippen molar-refractivity contribution >= 4 is 21.6 Å². The van der Waals surface area contributed by atoms with Gasteiger partial charge >= 0.3 is 0 Å². The van der Waals surface area contributed by atoms with E-state index in [9.17, 15) is 0 Å². The van der Waals surface area contributed by atoms with Crippen LogP contribution < -0.4 is 15.2 Å². The van der Waals surface area contributed by atoms with E-state index < -0.39 is 0 Å². The van der Waals surface area contributed by atoms with Crippen molar-refractivity contribution < 1.29 is 9.47 Å². The van der Waals surface area contributed by atoms with E-state index in [1.165, 1.54) is 0 Å². The van der Waals surface area contributed by atoms with Gasteiger partial charge in [0.1, 0.15) is 18.1 Å². The summed E-state index contributed by atoms with van der Waals surface area (Å²) in [5, 5.41) is 0. The Hall–Kier alpha value is -1.68. The number of halogens is 1. The molecule has 0 amide bonds. The van der Waals surface area contributed by atoms with Crippen LogP contribution in [-0.4, -0.2) is 7.11 Å². The van der Waals surface area contributed by atoms with Crippen LogP contribution in [0.25, 0.3) is 0 Å². The first kappa shape index (κ1) is 12.8. The molecular formula is C14H14BrNO2. The first-order valence-corrected chi connectivity index (χ1v) is 6.28. The van der Waals surface area contributed by atoms with E-state index in [0.29, 0.717) is 12.3 Å². The van der Waals surface area contributed by atoms with Gasteiger partial charge in [0.15, 0.2) is 0 Å². The minimum atomic E-state index is 0.461. The molecule has 0 heterocycles. The number of methoxy groups -OCH3 is 1. The zero-order valence-electron chi connectivity index (χ0n) is 10.0. The lowest BCUT2D eigenvalue weighted by Gasteiger charge is -2.09. The zero-order valence-corrected chi connectivity index (χ0v) is 11.6.